The zero-order chi connectivity index (χ0) is 17.7. The monoisotopic (exact) mass is 372 g/mol. The first-order valence-corrected chi connectivity index (χ1v) is 10.3. The minimum Gasteiger partial charge on any atom is -0.341 e. The van der Waals surface area contributed by atoms with Crippen molar-refractivity contribution in [2.45, 2.75) is 38.0 Å². The van der Waals surface area contributed by atoms with Gasteiger partial charge in [-0.25, -0.2) is 8.42 Å². The van der Waals surface area contributed by atoms with Crippen LogP contribution in [0.3, 0.4) is 0 Å². The number of hydrogen-bond acceptors (Lipinski definition) is 3. The molecule has 0 N–H and O–H groups in total. The first-order chi connectivity index (χ1) is 11.4. The van der Waals surface area contributed by atoms with Gasteiger partial charge in [0.15, 0.2) is 0 Å². The first-order valence-electron chi connectivity index (χ1n) is 8.45. The number of halogens is 1. The molecule has 1 amide bonds. The van der Waals surface area contributed by atoms with Crippen molar-refractivity contribution < 1.29 is 13.2 Å². The summed E-state index contributed by atoms with van der Waals surface area (Å²) in [7, 11) is -3.63. The van der Waals surface area contributed by atoms with Crippen LogP contribution in [0.5, 0.6) is 0 Å². The van der Waals surface area contributed by atoms with Gasteiger partial charge in [0.2, 0.25) is 15.9 Å². The number of carbonyl (C=O) groups is 1. The molecule has 0 atom stereocenters. The Morgan fingerprint density at radius 3 is 2.42 bits per heavy atom. The Balaban J connectivity index is 2.13. The van der Waals surface area contributed by atoms with Crippen LogP contribution < -0.4 is 0 Å². The van der Waals surface area contributed by atoms with E-state index in [1.165, 1.54) is 10.4 Å². The molecule has 0 spiro atoms. The van der Waals surface area contributed by atoms with E-state index in [1.54, 1.807) is 23.1 Å². The van der Waals surface area contributed by atoms with Crippen molar-refractivity contribution in [3.8, 4) is 0 Å². The van der Waals surface area contributed by atoms with E-state index in [0.717, 1.165) is 12.8 Å². The second-order valence-corrected chi connectivity index (χ2v) is 8.34. The van der Waals surface area contributed by atoms with Gasteiger partial charge in [-0.05, 0) is 31.4 Å². The molecular formula is C17H25ClN2O3S. The second-order valence-electron chi connectivity index (χ2n) is 6.03. The van der Waals surface area contributed by atoms with E-state index < -0.39 is 10.0 Å². The fourth-order valence-electron chi connectivity index (χ4n) is 3.04. The van der Waals surface area contributed by atoms with Gasteiger partial charge in [-0.2, -0.15) is 4.31 Å². The lowest BCUT2D eigenvalue weighted by Crippen LogP contribution is -2.39. The van der Waals surface area contributed by atoms with Gasteiger partial charge >= 0.3 is 0 Å². The number of nitrogens with zero attached hydrogens (tertiary/aromatic N) is 2. The van der Waals surface area contributed by atoms with Gasteiger partial charge in [-0.1, -0.05) is 37.6 Å². The van der Waals surface area contributed by atoms with E-state index in [1.807, 2.05) is 13.8 Å². The van der Waals surface area contributed by atoms with Crippen molar-refractivity contribution in [3.05, 3.63) is 29.3 Å². The largest absolute Gasteiger partial charge is 0.341 e. The molecule has 1 aromatic rings. The van der Waals surface area contributed by atoms with Gasteiger partial charge in [0.25, 0.3) is 0 Å². The quantitative estimate of drug-likeness (QED) is 0.798. The Morgan fingerprint density at radius 1 is 1.12 bits per heavy atom. The maximum Gasteiger partial charge on any atom is 0.244 e. The van der Waals surface area contributed by atoms with Crippen molar-refractivity contribution >= 4 is 27.5 Å². The van der Waals surface area contributed by atoms with Crippen LogP contribution in [0.15, 0.2) is 29.2 Å². The molecule has 5 nitrogen and oxygen atoms in total. The summed E-state index contributed by atoms with van der Waals surface area (Å²) >= 11 is 6.06. The van der Waals surface area contributed by atoms with E-state index in [4.69, 9.17) is 11.6 Å². The third kappa shape index (κ3) is 4.10. The summed E-state index contributed by atoms with van der Waals surface area (Å²) in [4.78, 5) is 14.5. The lowest BCUT2D eigenvalue weighted by molar-refractivity contribution is -0.135. The van der Waals surface area contributed by atoms with Crippen LogP contribution in [0.1, 0.15) is 33.1 Å². The summed E-state index contributed by atoms with van der Waals surface area (Å²) < 4.78 is 27.1. The highest BCUT2D eigenvalue weighted by Gasteiger charge is 2.30. The van der Waals surface area contributed by atoms with Crippen molar-refractivity contribution in [2.24, 2.45) is 5.92 Å². The van der Waals surface area contributed by atoms with Gasteiger partial charge < -0.3 is 4.90 Å². The average Bonchev–Trinajstić information content (AvgIpc) is 2.82. The standard InChI is InChI=1S/C17H25ClN2O3S/c1-3-14(4-2)17(21)19-10-7-11-20(13-12-19)24(22,23)16-9-6-5-8-15(16)18/h5-6,8-9,14H,3-4,7,10-13H2,1-2H3. The fraction of sp³-hybridized carbons (Fsp3) is 0.588. The third-order valence-corrected chi connectivity index (χ3v) is 6.95. The summed E-state index contributed by atoms with van der Waals surface area (Å²) in [5.74, 6) is 0.161. The van der Waals surface area contributed by atoms with Crippen LogP contribution in [-0.2, 0) is 14.8 Å². The summed E-state index contributed by atoms with van der Waals surface area (Å²) in [6, 6.07) is 6.48. The average molecular weight is 373 g/mol. The number of sulfonamides is 1. The van der Waals surface area contributed by atoms with Gasteiger partial charge in [0.05, 0.1) is 5.02 Å². The number of benzene rings is 1. The molecule has 7 heteroatoms. The summed E-state index contributed by atoms with van der Waals surface area (Å²) in [6.07, 6.45) is 2.26. The normalized spacial score (nSPS) is 17.1. The third-order valence-electron chi connectivity index (χ3n) is 4.56. The molecule has 0 bridgehead atoms. The van der Waals surface area contributed by atoms with Crippen molar-refractivity contribution in [1.82, 2.24) is 9.21 Å². The van der Waals surface area contributed by atoms with Crippen LogP contribution >= 0.6 is 11.6 Å². The minimum atomic E-state index is -3.63. The summed E-state index contributed by atoms with van der Waals surface area (Å²) in [6.45, 7) is 5.76. The van der Waals surface area contributed by atoms with Crippen LogP contribution in [-0.4, -0.2) is 49.7 Å². The molecule has 24 heavy (non-hydrogen) atoms. The molecular weight excluding hydrogens is 348 g/mol. The lowest BCUT2D eigenvalue weighted by atomic mass is 10.0. The summed E-state index contributed by atoms with van der Waals surface area (Å²) in [5.41, 5.74) is 0. The number of hydrogen-bond donors (Lipinski definition) is 0. The van der Waals surface area contributed by atoms with Crippen LogP contribution in [0.4, 0.5) is 0 Å². The fourth-order valence-corrected chi connectivity index (χ4v) is 5.01. The molecule has 0 saturated carbocycles. The molecule has 0 aliphatic carbocycles. The molecule has 134 valence electrons. The highest BCUT2D eigenvalue weighted by Crippen LogP contribution is 2.25. The Bertz CT molecular complexity index is 674. The molecule has 1 heterocycles. The number of rotatable bonds is 5. The van der Waals surface area contributed by atoms with Gasteiger partial charge in [-0.15, -0.1) is 0 Å². The number of amides is 1. The zero-order valence-corrected chi connectivity index (χ0v) is 15.8. The maximum atomic E-state index is 12.8. The maximum absolute atomic E-state index is 12.8. The second kappa shape index (κ2) is 8.32. The molecule has 0 unspecified atom stereocenters. The first kappa shape index (κ1) is 19.2. The molecule has 0 aromatic heterocycles. The predicted molar refractivity (Wildman–Crippen MR) is 95.5 cm³/mol. The molecule has 1 aliphatic heterocycles. The summed E-state index contributed by atoms with van der Waals surface area (Å²) in [5, 5.41) is 0.228. The zero-order valence-electron chi connectivity index (χ0n) is 14.2. The van der Waals surface area contributed by atoms with E-state index in [9.17, 15) is 13.2 Å². The topological polar surface area (TPSA) is 57.7 Å². The minimum absolute atomic E-state index is 0.0247. The SMILES string of the molecule is CCC(CC)C(=O)N1CCCN(S(=O)(=O)c2ccccc2Cl)CC1. The Kier molecular flexibility index (Phi) is 6.66. The molecule has 1 fully saturated rings. The van der Waals surface area contributed by atoms with Crippen LogP contribution in [0, 0.1) is 5.92 Å². The van der Waals surface area contributed by atoms with E-state index in [0.29, 0.717) is 32.6 Å². The van der Waals surface area contributed by atoms with Crippen molar-refractivity contribution in [1.29, 1.82) is 0 Å². The molecule has 1 aromatic carbocycles. The van der Waals surface area contributed by atoms with Crippen LogP contribution in [0.25, 0.3) is 0 Å². The van der Waals surface area contributed by atoms with E-state index in [-0.39, 0.29) is 21.7 Å². The van der Waals surface area contributed by atoms with Gasteiger partial charge in [0, 0.05) is 32.1 Å². The smallest absolute Gasteiger partial charge is 0.244 e. The Morgan fingerprint density at radius 2 is 1.79 bits per heavy atom. The Hall–Kier alpha value is -1.11. The van der Waals surface area contributed by atoms with Gasteiger partial charge in [0.1, 0.15) is 4.90 Å². The highest BCUT2D eigenvalue weighted by atomic mass is 35.5. The van der Waals surface area contributed by atoms with E-state index in [2.05, 4.69) is 0 Å². The molecule has 0 radical (unpaired) electrons. The number of carbonyl (C=O) groups excluding carboxylic acids is 1. The Labute approximate surface area is 149 Å². The highest BCUT2D eigenvalue weighted by molar-refractivity contribution is 7.89. The predicted octanol–water partition coefficient (Wildman–Crippen LogP) is 3.00. The van der Waals surface area contributed by atoms with Crippen LogP contribution in [0.2, 0.25) is 5.02 Å². The molecule has 1 aliphatic rings. The molecule has 1 saturated heterocycles. The van der Waals surface area contributed by atoms with E-state index >= 15 is 0 Å². The van der Waals surface area contributed by atoms with Gasteiger partial charge in [-0.3, -0.25) is 4.79 Å². The van der Waals surface area contributed by atoms with Crippen molar-refractivity contribution in [3.63, 3.8) is 0 Å². The lowest BCUT2D eigenvalue weighted by Gasteiger charge is -2.25. The molecule has 2 rings (SSSR count). The van der Waals surface area contributed by atoms with Crippen molar-refractivity contribution in [2.75, 3.05) is 26.2 Å².